The lowest BCUT2D eigenvalue weighted by Gasteiger charge is -2.30. The summed E-state index contributed by atoms with van der Waals surface area (Å²) in [6, 6.07) is 2.02. The van der Waals surface area contributed by atoms with Crippen molar-refractivity contribution >= 4 is 17.1 Å². The van der Waals surface area contributed by atoms with Gasteiger partial charge in [0.15, 0.2) is 0 Å². The van der Waals surface area contributed by atoms with Crippen LogP contribution >= 0.6 is 0 Å². The van der Waals surface area contributed by atoms with Gasteiger partial charge in [0, 0.05) is 26.4 Å². The van der Waals surface area contributed by atoms with Crippen molar-refractivity contribution < 1.29 is 17.7 Å². The second-order valence-corrected chi connectivity index (χ2v) is 14.7. The number of hydrogen-bond acceptors (Lipinski definition) is 4. The molecule has 190 valence electrons. The molecule has 0 unspecified atom stereocenters. The van der Waals surface area contributed by atoms with Gasteiger partial charge in [-0.25, -0.2) is 0 Å². The highest BCUT2D eigenvalue weighted by molar-refractivity contribution is 6.73. The van der Waals surface area contributed by atoms with Gasteiger partial charge in [0.05, 0.1) is 0 Å². The van der Waals surface area contributed by atoms with Gasteiger partial charge in [-0.05, 0) is 63.0 Å². The third-order valence-electron chi connectivity index (χ3n) is 5.52. The standard InChI is InChI=1S/C26H54O4Si2/c1-7-13-19-27-31(23-11-5,28-20-14-8-2)25-17-18-26-32(24-12-6,29-21-15-9-3)30-22-16-10-4/h11-12,23-24H,7-10,13-22,25-26H2,1-6H3. The number of rotatable bonds is 23. The Kier molecular flexibility index (Phi) is 21.1. The Balaban J connectivity index is 5.12. The first-order chi connectivity index (χ1) is 15.6. The molecule has 0 N–H and O–H groups in total. The van der Waals surface area contributed by atoms with Crippen molar-refractivity contribution in [3.05, 3.63) is 23.6 Å². The highest BCUT2D eigenvalue weighted by Gasteiger charge is 2.37. The van der Waals surface area contributed by atoms with Gasteiger partial charge in [-0.2, -0.15) is 0 Å². The van der Waals surface area contributed by atoms with Crippen molar-refractivity contribution in [2.45, 2.75) is 118 Å². The van der Waals surface area contributed by atoms with Gasteiger partial charge in [0.1, 0.15) is 0 Å². The van der Waals surface area contributed by atoms with E-state index in [0.717, 1.165) is 103 Å². The van der Waals surface area contributed by atoms with Crippen LogP contribution in [0.2, 0.25) is 12.1 Å². The van der Waals surface area contributed by atoms with E-state index in [9.17, 15) is 0 Å². The lowest BCUT2D eigenvalue weighted by Crippen LogP contribution is -2.42. The Bertz CT molecular complexity index is 407. The van der Waals surface area contributed by atoms with Gasteiger partial charge in [-0.1, -0.05) is 78.4 Å². The molecule has 0 aliphatic rings. The van der Waals surface area contributed by atoms with Crippen LogP contribution in [0.5, 0.6) is 0 Å². The van der Waals surface area contributed by atoms with Gasteiger partial charge in [0.25, 0.3) is 0 Å². The van der Waals surface area contributed by atoms with E-state index in [2.05, 4.69) is 65.1 Å². The van der Waals surface area contributed by atoms with E-state index in [4.69, 9.17) is 17.7 Å². The molecule has 0 rings (SSSR count). The van der Waals surface area contributed by atoms with E-state index >= 15 is 0 Å². The number of hydrogen-bond donors (Lipinski definition) is 0. The van der Waals surface area contributed by atoms with Crippen molar-refractivity contribution in [3.63, 3.8) is 0 Å². The average molecular weight is 487 g/mol. The van der Waals surface area contributed by atoms with Crippen LogP contribution in [0, 0.1) is 0 Å². The summed E-state index contributed by atoms with van der Waals surface area (Å²) >= 11 is 0. The lowest BCUT2D eigenvalue weighted by molar-refractivity contribution is 0.169. The summed E-state index contributed by atoms with van der Waals surface area (Å²) in [7, 11) is -4.62. The number of allylic oxidation sites excluding steroid dienone is 2. The molecule has 0 aliphatic carbocycles. The largest absolute Gasteiger partial charge is 0.391 e. The first-order valence-electron chi connectivity index (χ1n) is 13.4. The average Bonchev–Trinajstić information content (AvgIpc) is 2.78. The molecule has 0 fully saturated rings. The molecule has 0 aromatic carbocycles. The summed E-state index contributed by atoms with van der Waals surface area (Å²) in [5.41, 5.74) is 4.51. The SMILES string of the molecule is CC=C[Si](CCCC[Si](C=CC)(OCCCC)OCCCC)(OCCCC)OCCCC. The van der Waals surface area contributed by atoms with Crippen LogP contribution in [0.25, 0.3) is 0 Å². The Morgan fingerprint density at radius 3 is 0.969 bits per heavy atom. The maximum absolute atomic E-state index is 6.46. The van der Waals surface area contributed by atoms with E-state index in [0.29, 0.717) is 0 Å². The Labute approximate surface area is 202 Å². The first-order valence-corrected chi connectivity index (χ1v) is 17.6. The minimum Gasteiger partial charge on any atom is -0.391 e. The smallest absolute Gasteiger partial charge is 0.364 e. The highest BCUT2D eigenvalue weighted by Crippen LogP contribution is 2.25. The second kappa shape index (κ2) is 21.3. The lowest BCUT2D eigenvalue weighted by atomic mass is 10.4. The third kappa shape index (κ3) is 14.8. The van der Waals surface area contributed by atoms with Crippen molar-refractivity contribution in [1.29, 1.82) is 0 Å². The van der Waals surface area contributed by atoms with Crippen LogP contribution in [0.3, 0.4) is 0 Å². The maximum Gasteiger partial charge on any atom is 0.364 e. The molecule has 0 spiro atoms. The van der Waals surface area contributed by atoms with Gasteiger partial charge >= 0.3 is 17.1 Å². The summed E-state index contributed by atoms with van der Waals surface area (Å²) in [5.74, 6) is 0. The van der Waals surface area contributed by atoms with Gasteiger partial charge < -0.3 is 17.7 Å². The van der Waals surface area contributed by atoms with Crippen molar-refractivity contribution in [2.24, 2.45) is 0 Å². The van der Waals surface area contributed by atoms with Crippen LogP contribution in [-0.4, -0.2) is 43.5 Å². The number of unbranched alkanes of at least 4 members (excludes halogenated alkanes) is 5. The van der Waals surface area contributed by atoms with Gasteiger partial charge in [-0.15, -0.1) is 0 Å². The van der Waals surface area contributed by atoms with E-state index < -0.39 is 17.1 Å². The molecule has 0 radical (unpaired) electrons. The fraction of sp³-hybridized carbons (Fsp3) is 0.846. The van der Waals surface area contributed by atoms with Crippen LogP contribution in [0.15, 0.2) is 23.6 Å². The predicted molar refractivity (Wildman–Crippen MR) is 143 cm³/mol. The van der Waals surface area contributed by atoms with Crippen LogP contribution in [0.4, 0.5) is 0 Å². The zero-order chi connectivity index (χ0) is 24.0. The predicted octanol–water partition coefficient (Wildman–Crippen LogP) is 8.15. The van der Waals surface area contributed by atoms with E-state index in [1.54, 1.807) is 0 Å². The van der Waals surface area contributed by atoms with Crippen molar-refractivity contribution in [1.82, 2.24) is 0 Å². The molecule has 0 heterocycles. The van der Waals surface area contributed by atoms with Crippen molar-refractivity contribution in [2.75, 3.05) is 26.4 Å². The Morgan fingerprint density at radius 2 is 0.750 bits per heavy atom. The molecule has 0 saturated heterocycles. The quantitative estimate of drug-likeness (QED) is 0.108. The fourth-order valence-electron chi connectivity index (χ4n) is 3.54. The van der Waals surface area contributed by atoms with Crippen LogP contribution in [-0.2, 0) is 17.7 Å². The molecule has 0 aromatic heterocycles. The summed E-state index contributed by atoms with van der Waals surface area (Å²) in [5, 5.41) is 0. The highest BCUT2D eigenvalue weighted by atomic mass is 28.4. The molecule has 0 saturated carbocycles. The van der Waals surface area contributed by atoms with Gasteiger partial charge in [0.2, 0.25) is 0 Å². The maximum atomic E-state index is 6.46. The summed E-state index contributed by atoms with van der Waals surface area (Å²) in [6.07, 6.45) is 15.4. The molecule has 32 heavy (non-hydrogen) atoms. The third-order valence-corrected chi connectivity index (χ3v) is 12.1. The normalized spacial score (nSPS) is 13.1. The Morgan fingerprint density at radius 1 is 0.469 bits per heavy atom. The molecular formula is C26H54O4Si2. The fourth-order valence-corrected chi connectivity index (χ4v) is 9.46. The van der Waals surface area contributed by atoms with E-state index in [-0.39, 0.29) is 0 Å². The minimum absolute atomic E-state index is 0.802. The van der Waals surface area contributed by atoms with E-state index in [1.165, 1.54) is 0 Å². The summed E-state index contributed by atoms with van der Waals surface area (Å²) < 4.78 is 25.8. The summed E-state index contributed by atoms with van der Waals surface area (Å²) in [4.78, 5) is 0. The molecular weight excluding hydrogens is 432 g/mol. The molecule has 0 amide bonds. The van der Waals surface area contributed by atoms with Crippen LogP contribution in [0.1, 0.15) is 106 Å². The molecule has 0 aromatic rings. The zero-order valence-corrected chi connectivity index (χ0v) is 24.3. The molecule has 0 atom stereocenters. The van der Waals surface area contributed by atoms with E-state index in [1.807, 2.05) is 0 Å². The Hall–Kier alpha value is -0.246. The first kappa shape index (κ1) is 31.8. The topological polar surface area (TPSA) is 36.9 Å². The summed E-state index contributed by atoms with van der Waals surface area (Å²) in [6.45, 7) is 16.2. The molecule has 4 nitrogen and oxygen atoms in total. The molecule has 0 bridgehead atoms. The molecule has 0 aliphatic heterocycles. The minimum atomic E-state index is -2.31. The zero-order valence-electron chi connectivity index (χ0n) is 22.3. The second-order valence-electron chi connectivity index (χ2n) is 8.64. The van der Waals surface area contributed by atoms with Gasteiger partial charge in [-0.3, -0.25) is 0 Å². The monoisotopic (exact) mass is 486 g/mol. The van der Waals surface area contributed by atoms with Crippen LogP contribution < -0.4 is 0 Å². The molecule has 6 heteroatoms. The van der Waals surface area contributed by atoms with Crippen molar-refractivity contribution in [3.8, 4) is 0 Å².